The first-order valence-corrected chi connectivity index (χ1v) is 20.5. The smallest absolute Gasteiger partial charge is 0.160 e. The Morgan fingerprint density at radius 3 is 1.05 bits per heavy atom. The molecule has 0 atom stereocenters. The maximum Gasteiger partial charge on any atom is 0.160 e. The molecule has 2 nitrogen and oxygen atoms in total. The van der Waals surface area contributed by atoms with Crippen LogP contribution in [-0.2, 0) is 0 Å². The summed E-state index contributed by atoms with van der Waals surface area (Å²) < 4.78 is 0. The number of hydrogen-bond acceptors (Lipinski definition) is 2. The lowest BCUT2D eigenvalue weighted by atomic mass is 9.84. The largest absolute Gasteiger partial charge is 0.228 e. The molecule has 2 heteroatoms. The quantitative estimate of drug-likeness (QED) is 0.163. The van der Waals surface area contributed by atoms with Gasteiger partial charge in [0.25, 0.3) is 0 Å². The van der Waals surface area contributed by atoms with Crippen LogP contribution in [0.1, 0.15) is 0 Å². The molecule has 60 heavy (non-hydrogen) atoms. The van der Waals surface area contributed by atoms with Crippen molar-refractivity contribution in [2.75, 3.05) is 0 Å². The number of rotatable bonds is 5. The van der Waals surface area contributed by atoms with Crippen LogP contribution in [0, 0.1) is 0 Å². The summed E-state index contributed by atoms with van der Waals surface area (Å²) in [6.07, 6.45) is 0. The lowest BCUT2D eigenvalue weighted by Gasteiger charge is -2.19. The predicted octanol–water partition coefficient (Wildman–Crippen LogP) is 15.7. The van der Waals surface area contributed by atoms with Crippen molar-refractivity contribution in [3.05, 3.63) is 218 Å². The van der Waals surface area contributed by atoms with Crippen LogP contribution in [0.4, 0.5) is 0 Å². The Balaban J connectivity index is 1.14. The zero-order chi connectivity index (χ0) is 39.6. The summed E-state index contributed by atoms with van der Waals surface area (Å²) in [5.41, 5.74) is 9.69. The van der Waals surface area contributed by atoms with Crippen molar-refractivity contribution in [1.29, 1.82) is 0 Å². The van der Waals surface area contributed by atoms with Gasteiger partial charge in [-0.05, 0) is 123 Å². The van der Waals surface area contributed by atoms with Crippen molar-refractivity contribution in [3.63, 3.8) is 0 Å². The van der Waals surface area contributed by atoms with E-state index in [0.717, 1.165) is 33.5 Å². The first kappa shape index (κ1) is 34.1. The highest BCUT2D eigenvalue weighted by atomic mass is 14.9. The third-order valence-electron chi connectivity index (χ3n) is 12.2. The molecule has 12 rings (SSSR count). The molecule has 0 amide bonds. The van der Waals surface area contributed by atoms with E-state index in [2.05, 4.69) is 218 Å². The first-order valence-electron chi connectivity index (χ1n) is 20.5. The summed E-state index contributed by atoms with van der Waals surface area (Å²) in [7, 11) is 0. The minimum atomic E-state index is 0.701. The fourth-order valence-corrected chi connectivity index (χ4v) is 9.20. The summed E-state index contributed by atoms with van der Waals surface area (Å²) >= 11 is 0. The summed E-state index contributed by atoms with van der Waals surface area (Å²) in [5.74, 6) is 0.701. The first-order chi connectivity index (χ1) is 29.7. The van der Waals surface area contributed by atoms with Crippen molar-refractivity contribution in [2.24, 2.45) is 0 Å². The molecule has 0 aliphatic carbocycles. The lowest BCUT2D eigenvalue weighted by molar-refractivity contribution is 1.19. The van der Waals surface area contributed by atoms with Gasteiger partial charge in [0.05, 0.1) is 11.4 Å². The van der Waals surface area contributed by atoms with E-state index < -0.39 is 0 Å². The van der Waals surface area contributed by atoms with E-state index >= 15 is 0 Å². The third-order valence-corrected chi connectivity index (χ3v) is 12.2. The zero-order valence-corrected chi connectivity index (χ0v) is 32.7. The van der Waals surface area contributed by atoms with Crippen LogP contribution in [0.3, 0.4) is 0 Å². The van der Waals surface area contributed by atoms with E-state index in [1.165, 1.54) is 81.5 Å². The summed E-state index contributed by atoms with van der Waals surface area (Å²) in [6.45, 7) is 0. The van der Waals surface area contributed by atoms with E-state index in [9.17, 15) is 0 Å². The molecule has 1 heterocycles. The number of hydrogen-bond donors (Lipinski definition) is 0. The Morgan fingerprint density at radius 1 is 0.217 bits per heavy atom. The Morgan fingerprint density at radius 2 is 0.550 bits per heavy atom. The maximum absolute atomic E-state index is 5.38. The van der Waals surface area contributed by atoms with Crippen LogP contribution in [0.5, 0.6) is 0 Å². The van der Waals surface area contributed by atoms with E-state index in [1.54, 1.807) is 0 Å². The van der Waals surface area contributed by atoms with Crippen LogP contribution in [0.25, 0.3) is 121 Å². The molecule has 0 spiro atoms. The zero-order valence-electron chi connectivity index (χ0n) is 32.7. The minimum absolute atomic E-state index is 0.701. The molecule has 278 valence electrons. The predicted molar refractivity (Wildman–Crippen MR) is 254 cm³/mol. The summed E-state index contributed by atoms with van der Waals surface area (Å²) in [6, 6.07) is 79.1. The topological polar surface area (TPSA) is 25.8 Å². The molecule has 0 bridgehead atoms. The monoisotopic (exact) mass is 760 g/mol. The molecule has 12 aromatic rings. The number of fused-ring (bicyclic) bond motifs is 6. The van der Waals surface area contributed by atoms with Crippen LogP contribution in [0.15, 0.2) is 218 Å². The SMILES string of the molecule is c1ccc2cc(-c3cc(-c4ccc5c(-c6ccc7ccccc7c6)c6ccccc6c(-c6ccc7ccccc7c6)c5c4)nc(-c4ccc5ccccc5c4)n3)ccc2c1. The van der Waals surface area contributed by atoms with Crippen LogP contribution in [-0.4, -0.2) is 9.97 Å². The molecule has 0 aliphatic rings. The van der Waals surface area contributed by atoms with Crippen molar-refractivity contribution in [3.8, 4) is 56.2 Å². The molecule has 0 unspecified atom stereocenters. The van der Waals surface area contributed by atoms with Gasteiger partial charge >= 0.3 is 0 Å². The average Bonchev–Trinajstić information content (AvgIpc) is 3.32. The second-order valence-electron chi connectivity index (χ2n) is 15.8. The van der Waals surface area contributed by atoms with E-state index in [0.29, 0.717) is 5.82 Å². The van der Waals surface area contributed by atoms with Crippen molar-refractivity contribution in [2.45, 2.75) is 0 Å². The van der Waals surface area contributed by atoms with Crippen LogP contribution < -0.4 is 0 Å². The highest BCUT2D eigenvalue weighted by molar-refractivity contribution is 6.22. The highest BCUT2D eigenvalue weighted by Crippen LogP contribution is 2.46. The van der Waals surface area contributed by atoms with Crippen LogP contribution in [0.2, 0.25) is 0 Å². The number of benzene rings is 11. The Labute approximate surface area is 347 Å². The molecule has 0 saturated carbocycles. The van der Waals surface area contributed by atoms with Gasteiger partial charge in [0.2, 0.25) is 0 Å². The van der Waals surface area contributed by atoms with Gasteiger partial charge in [-0.25, -0.2) is 9.97 Å². The minimum Gasteiger partial charge on any atom is -0.228 e. The molecule has 11 aromatic carbocycles. The van der Waals surface area contributed by atoms with E-state index in [1.807, 2.05) is 0 Å². The Hall–Kier alpha value is -7.94. The molecule has 0 aliphatic heterocycles. The molecule has 0 N–H and O–H groups in total. The van der Waals surface area contributed by atoms with E-state index in [4.69, 9.17) is 9.97 Å². The number of aromatic nitrogens is 2. The molecule has 0 radical (unpaired) electrons. The fraction of sp³-hybridized carbons (Fsp3) is 0. The van der Waals surface area contributed by atoms with Crippen molar-refractivity contribution >= 4 is 64.6 Å². The average molecular weight is 761 g/mol. The van der Waals surface area contributed by atoms with E-state index in [-0.39, 0.29) is 0 Å². The summed E-state index contributed by atoms with van der Waals surface area (Å²) in [5, 5.41) is 14.5. The highest BCUT2D eigenvalue weighted by Gasteiger charge is 2.20. The Bertz CT molecular complexity index is 3580. The van der Waals surface area contributed by atoms with Gasteiger partial charge in [-0.2, -0.15) is 0 Å². The Kier molecular flexibility index (Phi) is 7.89. The molecular formula is C58H36N2. The third kappa shape index (κ3) is 5.81. The van der Waals surface area contributed by atoms with Gasteiger partial charge in [0, 0.05) is 16.7 Å². The molecule has 0 fully saturated rings. The normalized spacial score (nSPS) is 11.7. The second-order valence-corrected chi connectivity index (χ2v) is 15.8. The van der Waals surface area contributed by atoms with Gasteiger partial charge in [0.1, 0.15) is 0 Å². The molecular weight excluding hydrogens is 725 g/mol. The van der Waals surface area contributed by atoms with Gasteiger partial charge in [0.15, 0.2) is 5.82 Å². The molecule has 0 saturated heterocycles. The van der Waals surface area contributed by atoms with Gasteiger partial charge in [-0.15, -0.1) is 0 Å². The molecule has 1 aromatic heterocycles. The fourth-order valence-electron chi connectivity index (χ4n) is 9.20. The maximum atomic E-state index is 5.38. The summed E-state index contributed by atoms with van der Waals surface area (Å²) in [4.78, 5) is 10.7. The number of nitrogens with zero attached hydrogens (tertiary/aromatic N) is 2. The van der Waals surface area contributed by atoms with Gasteiger partial charge < -0.3 is 0 Å². The lowest BCUT2D eigenvalue weighted by Crippen LogP contribution is -1.97. The van der Waals surface area contributed by atoms with Gasteiger partial charge in [-0.1, -0.05) is 182 Å². The van der Waals surface area contributed by atoms with Crippen molar-refractivity contribution < 1.29 is 0 Å². The second kappa shape index (κ2) is 13.9. The van der Waals surface area contributed by atoms with Crippen LogP contribution >= 0.6 is 0 Å². The standard InChI is InChI=1S/C58H36N2/c1-5-15-41-31-45(25-21-37(41)11-1)54-36-55(60-58(59-54)49-28-24-40-14-4-8-18-44(40)34-49)46-29-30-52-53(35-46)57(48-27-23-39-13-3-7-17-43(39)33-48)51-20-10-9-19-50(51)56(52)47-26-22-38-12-2-6-16-42(38)32-47/h1-36H. The van der Waals surface area contributed by atoms with Gasteiger partial charge in [-0.3, -0.25) is 0 Å². The van der Waals surface area contributed by atoms with Crippen molar-refractivity contribution in [1.82, 2.24) is 9.97 Å².